The summed E-state index contributed by atoms with van der Waals surface area (Å²) in [5.74, 6) is 0.998. The van der Waals surface area contributed by atoms with Crippen LogP contribution < -0.4 is 9.47 Å². The highest BCUT2D eigenvalue weighted by Crippen LogP contribution is 2.44. The zero-order valence-corrected chi connectivity index (χ0v) is 21.3. The Balaban J connectivity index is 1.63. The second-order valence-electron chi connectivity index (χ2n) is 9.43. The first-order valence-electron chi connectivity index (χ1n) is 12.3. The summed E-state index contributed by atoms with van der Waals surface area (Å²) in [5.41, 5.74) is 3.05. The molecular weight excluding hydrogens is 454 g/mol. The fourth-order valence-electron chi connectivity index (χ4n) is 5.10. The number of benzene rings is 3. The second kappa shape index (κ2) is 11.6. The topological polar surface area (TPSA) is 68.2 Å². The van der Waals surface area contributed by atoms with Crippen molar-refractivity contribution in [2.45, 2.75) is 38.6 Å². The number of carbonyl (C=O) groups is 1. The van der Waals surface area contributed by atoms with Gasteiger partial charge < -0.3 is 24.2 Å². The van der Waals surface area contributed by atoms with Gasteiger partial charge in [0.25, 0.3) is 0 Å². The van der Waals surface area contributed by atoms with Crippen LogP contribution in [0.1, 0.15) is 36.6 Å². The number of amides is 1. The van der Waals surface area contributed by atoms with Crippen molar-refractivity contribution in [1.29, 1.82) is 0 Å². The van der Waals surface area contributed by atoms with Crippen LogP contribution in [0.25, 0.3) is 0 Å². The van der Waals surface area contributed by atoms with E-state index in [1.807, 2.05) is 83.8 Å². The van der Waals surface area contributed by atoms with Crippen molar-refractivity contribution in [3.05, 3.63) is 95.6 Å². The molecule has 0 spiro atoms. The van der Waals surface area contributed by atoms with Gasteiger partial charge in [0.05, 0.1) is 51.5 Å². The van der Waals surface area contributed by atoms with Crippen molar-refractivity contribution < 1.29 is 24.1 Å². The average Bonchev–Trinajstić information content (AvgIpc) is 2.90. The first kappa shape index (κ1) is 25.7. The lowest BCUT2D eigenvalue weighted by Crippen LogP contribution is -2.67. The number of hydrogen-bond donors (Lipinski definition) is 1. The number of nitrogens with zero attached hydrogens (tertiary/aromatic N) is 1. The van der Waals surface area contributed by atoms with Gasteiger partial charge in [0.2, 0.25) is 5.91 Å². The maximum atomic E-state index is 13.5. The molecule has 6 heteroatoms. The first-order valence-corrected chi connectivity index (χ1v) is 12.3. The zero-order chi connectivity index (χ0) is 25.7. The summed E-state index contributed by atoms with van der Waals surface area (Å²) in [7, 11) is 3.27. The van der Waals surface area contributed by atoms with Gasteiger partial charge in [-0.1, -0.05) is 61.5 Å². The lowest BCUT2D eigenvalue weighted by Gasteiger charge is -2.54. The Bertz CT molecular complexity index is 1070. The van der Waals surface area contributed by atoms with Gasteiger partial charge in [-0.2, -0.15) is 0 Å². The van der Waals surface area contributed by atoms with Gasteiger partial charge in [0.1, 0.15) is 11.5 Å². The standard InChI is InChI=1S/C30H35NO5/c1-20(18-36-19-22-8-6-5-7-9-22)28-27(21(2)32)30(33)31(28)29(23-10-14-25(34-3)15-11-23)24-12-16-26(35-4)17-13-24/h5-17,20-21,27-29,32H,18-19H2,1-4H3/t20-,21?,27+,28+/m0/s1. The molecule has 3 aromatic carbocycles. The van der Waals surface area contributed by atoms with Gasteiger partial charge in [0.15, 0.2) is 0 Å². The Morgan fingerprint density at radius 1 is 0.833 bits per heavy atom. The molecule has 3 aromatic rings. The lowest BCUT2D eigenvalue weighted by atomic mass is 9.74. The van der Waals surface area contributed by atoms with Crippen molar-refractivity contribution >= 4 is 5.91 Å². The molecule has 4 atom stereocenters. The molecule has 1 N–H and O–H groups in total. The molecule has 6 nitrogen and oxygen atoms in total. The largest absolute Gasteiger partial charge is 0.497 e. The minimum Gasteiger partial charge on any atom is -0.497 e. The number of hydrogen-bond acceptors (Lipinski definition) is 5. The number of β-lactam (4-membered cyclic amide) rings is 1. The van der Waals surface area contributed by atoms with Crippen molar-refractivity contribution in [3.8, 4) is 11.5 Å². The van der Waals surface area contributed by atoms with Crippen LogP contribution in [-0.2, 0) is 16.1 Å². The van der Waals surface area contributed by atoms with Crippen LogP contribution in [0.2, 0.25) is 0 Å². The van der Waals surface area contributed by atoms with Gasteiger partial charge >= 0.3 is 0 Å². The van der Waals surface area contributed by atoms with E-state index in [4.69, 9.17) is 14.2 Å². The highest BCUT2D eigenvalue weighted by atomic mass is 16.5. The molecule has 1 aliphatic rings. The molecule has 190 valence electrons. The summed E-state index contributed by atoms with van der Waals surface area (Å²) < 4.78 is 16.7. The van der Waals surface area contributed by atoms with E-state index in [1.165, 1.54) is 0 Å². The Morgan fingerprint density at radius 3 is 1.83 bits per heavy atom. The van der Waals surface area contributed by atoms with Crippen LogP contribution in [0, 0.1) is 11.8 Å². The first-order chi connectivity index (χ1) is 17.4. The van der Waals surface area contributed by atoms with Gasteiger partial charge in [0, 0.05) is 5.92 Å². The lowest BCUT2D eigenvalue weighted by molar-refractivity contribution is -0.174. The van der Waals surface area contributed by atoms with E-state index in [0.717, 1.165) is 28.2 Å². The third-order valence-electron chi connectivity index (χ3n) is 6.97. The summed E-state index contributed by atoms with van der Waals surface area (Å²) in [6.07, 6.45) is -0.747. The third-order valence-corrected chi connectivity index (χ3v) is 6.97. The van der Waals surface area contributed by atoms with Crippen molar-refractivity contribution in [2.24, 2.45) is 11.8 Å². The number of rotatable bonds is 11. The van der Waals surface area contributed by atoms with Gasteiger partial charge in [-0.05, 0) is 47.9 Å². The predicted molar refractivity (Wildman–Crippen MR) is 139 cm³/mol. The quantitative estimate of drug-likeness (QED) is 0.390. The second-order valence-corrected chi connectivity index (χ2v) is 9.43. The number of likely N-dealkylation sites (tertiary alicyclic amines) is 1. The number of methoxy groups -OCH3 is 2. The number of aliphatic hydroxyl groups is 1. The molecule has 1 heterocycles. The summed E-state index contributed by atoms with van der Waals surface area (Å²) in [4.78, 5) is 15.4. The zero-order valence-electron chi connectivity index (χ0n) is 21.3. The van der Waals surface area contributed by atoms with Crippen LogP contribution in [0.3, 0.4) is 0 Å². The monoisotopic (exact) mass is 489 g/mol. The SMILES string of the molecule is COc1ccc(C(c2ccc(OC)cc2)N2C(=O)[C@H](C(C)O)[C@H]2[C@@H](C)COCc2ccccc2)cc1. The molecular formula is C30H35NO5. The molecule has 1 unspecified atom stereocenters. The third kappa shape index (κ3) is 5.40. The van der Waals surface area contributed by atoms with E-state index in [0.29, 0.717) is 13.2 Å². The highest BCUT2D eigenvalue weighted by molar-refractivity contribution is 5.87. The normalized spacial score (nSPS) is 19.1. The minimum atomic E-state index is -0.747. The van der Waals surface area contributed by atoms with Crippen LogP contribution >= 0.6 is 0 Å². The molecule has 0 aliphatic carbocycles. The molecule has 1 amide bonds. The molecule has 36 heavy (non-hydrogen) atoms. The summed E-state index contributed by atoms with van der Waals surface area (Å²) >= 11 is 0. The molecule has 0 bridgehead atoms. The van der Waals surface area contributed by atoms with E-state index < -0.39 is 12.0 Å². The van der Waals surface area contributed by atoms with Crippen LogP contribution in [0.15, 0.2) is 78.9 Å². The maximum Gasteiger partial charge on any atom is 0.231 e. The summed E-state index contributed by atoms with van der Waals surface area (Å²) in [6, 6.07) is 25.1. The minimum absolute atomic E-state index is 0.0185. The van der Waals surface area contributed by atoms with Crippen LogP contribution in [0.4, 0.5) is 0 Å². The average molecular weight is 490 g/mol. The summed E-state index contributed by atoms with van der Waals surface area (Å²) in [6.45, 7) is 4.76. The Labute approximate surface area is 213 Å². The highest BCUT2D eigenvalue weighted by Gasteiger charge is 2.54. The number of ether oxygens (including phenoxy) is 3. The Morgan fingerprint density at radius 2 is 1.36 bits per heavy atom. The Hall–Kier alpha value is -3.35. The van der Waals surface area contributed by atoms with E-state index in [1.54, 1.807) is 21.1 Å². The molecule has 0 saturated carbocycles. The van der Waals surface area contributed by atoms with Crippen molar-refractivity contribution in [1.82, 2.24) is 4.90 Å². The predicted octanol–water partition coefficient (Wildman–Crippen LogP) is 4.85. The molecule has 1 aliphatic heterocycles. The van der Waals surface area contributed by atoms with Gasteiger partial charge in [-0.15, -0.1) is 0 Å². The van der Waals surface area contributed by atoms with Crippen molar-refractivity contribution in [3.63, 3.8) is 0 Å². The fraction of sp³-hybridized carbons (Fsp3) is 0.367. The van der Waals surface area contributed by atoms with Gasteiger partial charge in [-0.3, -0.25) is 4.79 Å². The van der Waals surface area contributed by atoms with E-state index in [-0.39, 0.29) is 23.9 Å². The number of carbonyl (C=O) groups excluding carboxylic acids is 1. The summed E-state index contributed by atoms with van der Waals surface area (Å²) in [5, 5.41) is 10.5. The molecule has 0 aromatic heterocycles. The van der Waals surface area contributed by atoms with E-state index in [2.05, 4.69) is 6.92 Å². The van der Waals surface area contributed by atoms with Crippen LogP contribution in [-0.4, -0.2) is 48.9 Å². The van der Waals surface area contributed by atoms with Gasteiger partial charge in [-0.25, -0.2) is 0 Å². The van der Waals surface area contributed by atoms with Crippen LogP contribution in [0.5, 0.6) is 11.5 Å². The smallest absolute Gasteiger partial charge is 0.231 e. The number of aliphatic hydroxyl groups excluding tert-OH is 1. The fourth-order valence-corrected chi connectivity index (χ4v) is 5.10. The molecule has 1 saturated heterocycles. The van der Waals surface area contributed by atoms with E-state index >= 15 is 0 Å². The molecule has 1 fully saturated rings. The maximum absolute atomic E-state index is 13.5. The van der Waals surface area contributed by atoms with E-state index in [9.17, 15) is 9.90 Å². The molecule has 0 radical (unpaired) electrons. The van der Waals surface area contributed by atoms with Crippen molar-refractivity contribution in [2.75, 3.05) is 20.8 Å². The molecule has 4 rings (SSSR count). The Kier molecular flexibility index (Phi) is 8.28.